The van der Waals surface area contributed by atoms with Crippen molar-refractivity contribution in [1.82, 2.24) is 4.90 Å². The van der Waals surface area contributed by atoms with Crippen molar-refractivity contribution in [2.45, 2.75) is 6.92 Å². The monoisotopic (exact) mass is 419 g/mol. The van der Waals surface area contributed by atoms with E-state index >= 15 is 0 Å². The quantitative estimate of drug-likeness (QED) is 0.743. The summed E-state index contributed by atoms with van der Waals surface area (Å²) in [6.07, 6.45) is 0. The fourth-order valence-corrected chi connectivity index (χ4v) is 5.22. The SMILES string of the molecule is CC1=C(c2ccc(Cl)cc2)S(=O)(=O)N=C1N1CCN(c2ccc(F)cc2)CC1. The second-order valence-electron chi connectivity index (χ2n) is 6.80. The fourth-order valence-electron chi connectivity index (χ4n) is 3.61. The Bertz CT molecular complexity index is 1060. The highest BCUT2D eigenvalue weighted by Gasteiger charge is 2.34. The molecule has 0 amide bonds. The van der Waals surface area contributed by atoms with Crippen molar-refractivity contribution in [1.29, 1.82) is 0 Å². The van der Waals surface area contributed by atoms with Crippen LogP contribution in [0.1, 0.15) is 12.5 Å². The number of benzene rings is 2. The molecule has 5 nitrogen and oxygen atoms in total. The molecule has 2 aliphatic heterocycles. The molecule has 4 rings (SSSR count). The Balaban J connectivity index is 1.55. The zero-order chi connectivity index (χ0) is 19.9. The number of piperazine rings is 1. The minimum atomic E-state index is -3.74. The average molecular weight is 420 g/mol. The summed E-state index contributed by atoms with van der Waals surface area (Å²) in [7, 11) is -3.74. The van der Waals surface area contributed by atoms with Gasteiger partial charge >= 0.3 is 0 Å². The molecule has 0 aromatic heterocycles. The first-order chi connectivity index (χ1) is 13.3. The molecule has 2 heterocycles. The summed E-state index contributed by atoms with van der Waals surface area (Å²) in [5.74, 6) is 0.243. The molecule has 0 saturated carbocycles. The molecule has 8 heteroatoms. The van der Waals surface area contributed by atoms with Crippen LogP contribution in [-0.4, -0.2) is 45.3 Å². The Hall–Kier alpha value is -2.38. The van der Waals surface area contributed by atoms with Crippen LogP contribution in [0.5, 0.6) is 0 Å². The van der Waals surface area contributed by atoms with Crippen LogP contribution in [0.15, 0.2) is 58.5 Å². The van der Waals surface area contributed by atoms with Crippen LogP contribution in [0.25, 0.3) is 4.91 Å². The standard InChI is InChI=1S/C20H19ClFN3O2S/c1-14-19(15-2-4-16(21)5-3-15)28(26,27)23-20(14)25-12-10-24(11-13-25)18-8-6-17(22)7-9-18/h2-9H,10-13H2,1H3. The van der Waals surface area contributed by atoms with Gasteiger partial charge in [0.2, 0.25) is 0 Å². The van der Waals surface area contributed by atoms with Crippen LogP contribution >= 0.6 is 11.6 Å². The van der Waals surface area contributed by atoms with Gasteiger partial charge in [-0.2, -0.15) is 8.42 Å². The van der Waals surface area contributed by atoms with Gasteiger partial charge in [0.15, 0.2) is 0 Å². The molecule has 0 radical (unpaired) electrons. The molecule has 0 atom stereocenters. The minimum Gasteiger partial charge on any atom is -0.368 e. The highest BCUT2D eigenvalue weighted by Crippen LogP contribution is 2.34. The molecule has 2 aromatic rings. The van der Waals surface area contributed by atoms with Crippen molar-refractivity contribution in [2.75, 3.05) is 31.1 Å². The van der Waals surface area contributed by atoms with E-state index in [4.69, 9.17) is 11.6 Å². The number of amidine groups is 1. The van der Waals surface area contributed by atoms with Gasteiger partial charge in [0.1, 0.15) is 16.6 Å². The Kier molecular flexibility index (Phi) is 4.89. The number of sulfonamides is 1. The number of anilines is 1. The molecule has 146 valence electrons. The van der Waals surface area contributed by atoms with Crippen molar-refractivity contribution in [3.63, 3.8) is 0 Å². The molecule has 1 fully saturated rings. The lowest BCUT2D eigenvalue weighted by atomic mass is 10.1. The number of nitrogens with zero attached hydrogens (tertiary/aromatic N) is 3. The van der Waals surface area contributed by atoms with Gasteiger partial charge in [-0.1, -0.05) is 23.7 Å². The lowest BCUT2D eigenvalue weighted by Gasteiger charge is -2.37. The molecule has 0 spiro atoms. The van der Waals surface area contributed by atoms with Crippen molar-refractivity contribution in [3.8, 4) is 0 Å². The first-order valence-corrected chi connectivity index (χ1v) is 10.7. The average Bonchev–Trinajstić information content (AvgIpc) is 2.92. The smallest absolute Gasteiger partial charge is 0.285 e. The molecule has 2 aliphatic rings. The van der Waals surface area contributed by atoms with Crippen LogP contribution in [0.3, 0.4) is 0 Å². The van der Waals surface area contributed by atoms with Gasteiger partial charge in [0, 0.05) is 42.5 Å². The van der Waals surface area contributed by atoms with E-state index < -0.39 is 10.0 Å². The van der Waals surface area contributed by atoms with Crippen LogP contribution in [0, 0.1) is 5.82 Å². The van der Waals surface area contributed by atoms with Crippen LogP contribution in [-0.2, 0) is 10.0 Å². The second kappa shape index (κ2) is 7.22. The van der Waals surface area contributed by atoms with Gasteiger partial charge in [-0.3, -0.25) is 0 Å². The van der Waals surface area contributed by atoms with Crippen molar-refractivity contribution >= 4 is 38.1 Å². The summed E-state index contributed by atoms with van der Waals surface area (Å²) in [4.78, 5) is 4.38. The maximum absolute atomic E-state index is 13.1. The van der Waals surface area contributed by atoms with Crippen LogP contribution in [0.4, 0.5) is 10.1 Å². The summed E-state index contributed by atoms with van der Waals surface area (Å²) in [5, 5.41) is 0.551. The van der Waals surface area contributed by atoms with Gasteiger partial charge in [0.05, 0.1) is 0 Å². The number of halogens is 2. The van der Waals surface area contributed by atoms with E-state index in [1.165, 1.54) is 12.1 Å². The van der Waals surface area contributed by atoms with Crippen LogP contribution in [0.2, 0.25) is 5.02 Å². The van der Waals surface area contributed by atoms with E-state index in [-0.39, 0.29) is 10.7 Å². The van der Waals surface area contributed by atoms with E-state index in [0.29, 0.717) is 48.2 Å². The number of hydrogen-bond acceptors (Lipinski definition) is 4. The third-order valence-corrected chi connectivity index (χ3v) is 6.74. The first kappa shape index (κ1) is 19.0. The summed E-state index contributed by atoms with van der Waals surface area (Å²) >= 11 is 5.92. The van der Waals surface area contributed by atoms with Gasteiger partial charge < -0.3 is 9.80 Å². The third-order valence-electron chi connectivity index (χ3n) is 5.02. The summed E-state index contributed by atoms with van der Waals surface area (Å²) in [6, 6.07) is 13.1. The van der Waals surface area contributed by atoms with Gasteiger partial charge in [-0.05, 0) is 48.9 Å². The lowest BCUT2D eigenvalue weighted by Crippen LogP contribution is -2.48. The largest absolute Gasteiger partial charge is 0.368 e. The van der Waals surface area contributed by atoms with Gasteiger partial charge in [0.25, 0.3) is 10.0 Å². The van der Waals surface area contributed by atoms with Gasteiger partial charge in [-0.15, -0.1) is 4.40 Å². The molecule has 0 unspecified atom stereocenters. The van der Waals surface area contributed by atoms with Crippen molar-refractivity contribution < 1.29 is 12.8 Å². The Morgan fingerprint density at radius 2 is 1.50 bits per heavy atom. The molecule has 0 aliphatic carbocycles. The van der Waals surface area contributed by atoms with Crippen molar-refractivity contribution in [3.05, 3.63) is 70.5 Å². The van der Waals surface area contributed by atoms with E-state index in [9.17, 15) is 12.8 Å². The third kappa shape index (κ3) is 3.52. The normalized spacial score (nSPS) is 19.2. The number of rotatable bonds is 2. The molecular weight excluding hydrogens is 401 g/mol. The zero-order valence-corrected chi connectivity index (χ0v) is 16.8. The van der Waals surface area contributed by atoms with Gasteiger partial charge in [-0.25, -0.2) is 4.39 Å². The molecule has 0 bridgehead atoms. The Morgan fingerprint density at radius 1 is 0.929 bits per heavy atom. The highest BCUT2D eigenvalue weighted by molar-refractivity contribution is 8.00. The van der Waals surface area contributed by atoms with Crippen LogP contribution < -0.4 is 4.90 Å². The summed E-state index contributed by atoms with van der Waals surface area (Å²) in [6.45, 7) is 4.47. The molecule has 0 N–H and O–H groups in total. The van der Waals surface area contributed by atoms with E-state index in [2.05, 4.69) is 9.30 Å². The molecular formula is C20H19ClFN3O2S. The summed E-state index contributed by atoms with van der Waals surface area (Å²) in [5.41, 5.74) is 2.19. The van der Waals surface area contributed by atoms with E-state index in [1.54, 1.807) is 43.3 Å². The second-order valence-corrected chi connectivity index (χ2v) is 8.78. The first-order valence-electron chi connectivity index (χ1n) is 8.93. The summed E-state index contributed by atoms with van der Waals surface area (Å²) < 4.78 is 42.5. The fraction of sp³-hybridized carbons (Fsp3) is 0.250. The van der Waals surface area contributed by atoms with E-state index in [0.717, 1.165) is 5.69 Å². The van der Waals surface area contributed by atoms with E-state index in [1.807, 2.05) is 4.90 Å². The number of hydrogen-bond donors (Lipinski definition) is 0. The molecule has 28 heavy (non-hydrogen) atoms. The minimum absolute atomic E-state index is 0.236. The topological polar surface area (TPSA) is 53.0 Å². The maximum Gasteiger partial charge on any atom is 0.285 e. The van der Waals surface area contributed by atoms with Crippen molar-refractivity contribution in [2.24, 2.45) is 4.40 Å². The maximum atomic E-state index is 13.1. The predicted molar refractivity (Wildman–Crippen MR) is 111 cm³/mol. The predicted octanol–water partition coefficient (Wildman–Crippen LogP) is 3.77. The molecule has 2 aromatic carbocycles. The Labute approximate surface area is 168 Å². The lowest BCUT2D eigenvalue weighted by molar-refractivity contribution is 0.386. The highest BCUT2D eigenvalue weighted by atomic mass is 35.5. The zero-order valence-electron chi connectivity index (χ0n) is 15.3. The Morgan fingerprint density at radius 3 is 2.11 bits per heavy atom. The molecule has 1 saturated heterocycles.